The second-order valence-electron chi connectivity index (χ2n) is 7.29. The molecule has 3 amide bonds. The van der Waals surface area contributed by atoms with Gasteiger partial charge in [-0.2, -0.15) is 0 Å². The Morgan fingerprint density at radius 3 is 2.22 bits per heavy atom. The van der Waals surface area contributed by atoms with Crippen molar-refractivity contribution in [3.8, 4) is 0 Å². The number of nitrogens with two attached hydrogens (primary N) is 1. The number of piperidine rings is 1. The fourth-order valence-corrected chi connectivity index (χ4v) is 3.10. The average Bonchev–Trinajstić information content (AvgIpc) is 2.45. The molecule has 1 unspecified atom stereocenters. The minimum absolute atomic E-state index is 0. The number of likely N-dealkylation sites (tertiary alicyclic amines) is 1. The van der Waals surface area contributed by atoms with Crippen molar-refractivity contribution in [3.05, 3.63) is 0 Å². The predicted octanol–water partition coefficient (Wildman–Crippen LogP) is 1.68. The van der Waals surface area contributed by atoms with Crippen LogP contribution < -0.4 is 11.1 Å². The van der Waals surface area contributed by atoms with E-state index in [1.54, 1.807) is 23.9 Å². The number of nitrogens with zero attached hydrogens (tertiary/aromatic N) is 2. The summed E-state index contributed by atoms with van der Waals surface area (Å²) >= 11 is 0. The molecule has 1 atom stereocenters. The maximum atomic E-state index is 12.5. The summed E-state index contributed by atoms with van der Waals surface area (Å²) in [6.07, 6.45) is 2.30. The summed E-state index contributed by atoms with van der Waals surface area (Å²) in [6.45, 7) is 7.98. The molecule has 1 heterocycles. The molecule has 1 aliphatic heterocycles. The molecule has 0 aromatic heterocycles. The summed E-state index contributed by atoms with van der Waals surface area (Å²) in [4.78, 5) is 27.8. The van der Waals surface area contributed by atoms with Gasteiger partial charge in [-0.05, 0) is 32.1 Å². The standard InChI is InChI=1S/C16H32N4O2.ClH/c1-12(2)10-16(3,11-17)18-14(21)13-6-8-20(9-7-13)15(22)19(4)5;/h12-13H,6-11,17H2,1-5H3,(H,18,21);1H. The summed E-state index contributed by atoms with van der Waals surface area (Å²) in [6, 6.07) is 0.0189. The van der Waals surface area contributed by atoms with Crippen molar-refractivity contribution in [1.29, 1.82) is 0 Å². The smallest absolute Gasteiger partial charge is 0.319 e. The first-order valence-corrected chi connectivity index (χ1v) is 8.17. The summed E-state index contributed by atoms with van der Waals surface area (Å²) in [5.74, 6) is 0.531. The highest BCUT2D eigenvalue weighted by molar-refractivity contribution is 5.85. The van der Waals surface area contributed by atoms with Crippen molar-refractivity contribution in [3.63, 3.8) is 0 Å². The normalized spacial score (nSPS) is 18.1. The zero-order chi connectivity index (χ0) is 16.9. The van der Waals surface area contributed by atoms with E-state index in [-0.39, 0.29) is 35.8 Å². The van der Waals surface area contributed by atoms with Crippen molar-refractivity contribution in [2.45, 2.75) is 45.6 Å². The Morgan fingerprint density at radius 1 is 1.30 bits per heavy atom. The molecule has 1 aliphatic rings. The minimum Gasteiger partial charge on any atom is -0.349 e. The summed E-state index contributed by atoms with van der Waals surface area (Å²) < 4.78 is 0. The van der Waals surface area contributed by atoms with Crippen LogP contribution in [0.1, 0.15) is 40.0 Å². The third kappa shape index (κ3) is 6.55. The van der Waals surface area contributed by atoms with Gasteiger partial charge < -0.3 is 20.9 Å². The first-order chi connectivity index (χ1) is 10.2. The largest absolute Gasteiger partial charge is 0.349 e. The van der Waals surface area contributed by atoms with E-state index in [2.05, 4.69) is 19.2 Å². The van der Waals surface area contributed by atoms with E-state index in [0.717, 1.165) is 6.42 Å². The zero-order valence-corrected chi connectivity index (χ0v) is 15.9. The molecule has 1 fully saturated rings. The van der Waals surface area contributed by atoms with Gasteiger partial charge in [-0.15, -0.1) is 12.4 Å². The first-order valence-electron chi connectivity index (χ1n) is 8.17. The molecule has 3 N–H and O–H groups in total. The number of carbonyl (C=O) groups excluding carboxylic acids is 2. The number of carbonyl (C=O) groups is 2. The van der Waals surface area contributed by atoms with Gasteiger partial charge in [0, 0.05) is 45.2 Å². The van der Waals surface area contributed by atoms with E-state index < -0.39 is 0 Å². The number of hydrogen-bond acceptors (Lipinski definition) is 3. The lowest BCUT2D eigenvalue weighted by molar-refractivity contribution is -0.128. The lowest BCUT2D eigenvalue weighted by Crippen LogP contribution is -2.55. The lowest BCUT2D eigenvalue weighted by atomic mass is 9.88. The van der Waals surface area contributed by atoms with E-state index in [0.29, 0.717) is 38.4 Å². The highest BCUT2D eigenvalue weighted by atomic mass is 35.5. The molecule has 0 radical (unpaired) electrons. The van der Waals surface area contributed by atoms with Crippen molar-refractivity contribution in [2.75, 3.05) is 33.7 Å². The number of amides is 3. The molecular formula is C16H33ClN4O2. The third-order valence-corrected chi connectivity index (χ3v) is 4.25. The fourth-order valence-electron chi connectivity index (χ4n) is 3.10. The Bertz CT molecular complexity index is 396. The summed E-state index contributed by atoms with van der Waals surface area (Å²) in [5.41, 5.74) is 5.51. The van der Waals surface area contributed by atoms with Gasteiger partial charge in [0.15, 0.2) is 0 Å². The zero-order valence-electron chi connectivity index (χ0n) is 15.1. The van der Waals surface area contributed by atoms with Gasteiger partial charge in [0.25, 0.3) is 0 Å². The number of nitrogens with one attached hydrogen (secondary N) is 1. The van der Waals surface area contributed by atoms with E-state index in [4.69, 9.17) is 5.73 Å². The van der Waals surface area contributed by atoms with Crippen molar-refractivity contribution < 1.29 is 9.59 Å². The van der Waals surface area contributed by atoms with Gasteiger partial charge in [-0.25, -0.2) is 4.79 Å². The Hall–Kier alpha value is -1.01. The number of halogens is 1. The highest BCUT2D eigenvalue weighted by Gasteiger charge is 2.32. The molecule has 0 aliphatic carbocycles. The molecular weight excluding hydrogens is 316 g/mol. The quantitative estimate of drug-likeness (QED) is 0.793. The maximum Gasteiger partial charge on any atom is 0.319 e. The van der Waals surface area contributed by atoms with E-state index in [1.807, 2.05) is 6.92 Å². The molecule has 23 heavy (non-hydrogen) atoms. The first kappa shape index (κ1) is 22.0. The monoisotopic (exact) mass is 348 g/mol. The van der Waals surface area contributed by atoms with E-state index in [9.17, 15) is 9.59 Å². The van der Waals surface area contributed by atoms with Crippen molar-refractivity contribution in [2.24, 2.45) is 17.6 Å². The van der Waals surface area contributed by atoms with Gasteiger partial charge in [0.1, 0.15) is 0 Å². The number of urea groups is 1. The third-order valence-electron chi connectivity index (χ3n) is 4.25. The molecule has 0 aromatic carbocycles. The molecule has 1 saturated heterocycles. The topological polar surface area (TPSA) is 78.7 Å². The molecule has 1 rings (SSSR count). The van der Waals surface area contributed by atoms with Crippen LogP contribution in [0.3, 0.4) is 0 Å². The minimum atomic E-state index is -0.345. The van der Waals surface area contributed by atoms with Gasteiger partial charge in [-0.3, -0.25) is 4.79 Å². The molecule has 0 aromatic rings. The second kappa shape index (κ2) is 9.33. The Kier molecular flexibility index (Phi) is 8.92. The SMILES string of the molecule is CC(C)CC(C)(CN)NC(=O)C1CCN(C(=O)N(C)C)CC1.Cl. The van der Waals surface area contributed by atoms with E-state index in [1.165, 1.54) is 0 Å². The van der Waals surface area contributed by atoms with Crippen LogP contribution in [0, 0.1) is 11.8 Å². The Labute approximate surface area is 146 Å². The van der Waals surface area contributed by atoms with Crippen LogP contribution >= 0.6 is 12.4 Å². The van der Waals surface area contributed by atoms with Crippen LogP contribution in [0.2, 0.25) is 0 Å². The highest BCUT2D eigenvalue weighted by Crippen LogP contribution is 2.21. The average molecular weight is 349 g/mol. The summed E-state index contributed by atoms with van der Waals surface area (Å²) in [7, 11) is 3.50. The van der Waals surface area contributed by atoms with Crippen LogP contribution in [0.4, 0.5) is 4.79 Å². The predicted molar refractivity (Wildman–Crippen MR) is 95.7 cm³/mol. The molecule has 0 spiro atoms. The lowest BCUT2D eigenvalue weighted by Gasteiger charge is -2.36. The second-order valence-corrected chi connectivity index (χ2v) is 7.29. The molecule has 7 heteroatoms. The van der Waals surface area contributed by atoms with Crippen LogP contribution in [-0.2, 0) is 4.79 Å². The van der Waals surface area contributed by atoms with Gasteiger partial charge in [0.05, 0.1) is 0 Å². The molecule has 0 bridgehead atoms. The fraction of sp³-hybridized carbons (Fsp3) is 0.875. The van der Waals surface area contributed by atoms with Crippen molar-refractivity contribution in [1.82, 2.24) is 15.1 Å². The Balaban J connectivity index is 0.00000484. The molecule has 0 saturated carbocycles. The summed E-state index contributed by atoms with van der Waals surface area (Å²) in [5, 5.41) is 3.13. The molecule has 6 nitrogen and oxygen atoms in total. The van der Waals surface area contributed by atoms with Crippen LogP contribution in [0.5, 0.6) is 0 Å². The van der Waals surface area contributed by atoms with Gasteiger partial charge in [0.2, 0.25) is 5.91 Å². The van der Waals surface area contributed by atoms with Gasteiger partial charge in [-0.1, -0.05) is 13.8 Å². The van der Waals surface area contributed by atoms with Crippen LogP contribution in [-0.4, -0.2) is 61.0 Å². The van der Waals surface area contributed by atoms with Crippen LogP contribution in [0.25, 0.3) is 0 Å². The Morgan fingerprint density at radius 2 is 1.83 bits per heavy atom. The van der Waals surface area contributed by atoms with Crippen LogP contribution in [0.15, 0.2) is 0 Å². The van der Waals surface area contributed by atoms with E-state index >= 15 is 0 Å². The van der Waals surface area contributed by atoms with Crippen molar-refractivity contribution >= 4 is 24.3 Å². The maximum absolute atomic E-state index is 12.5. The number of hydrogen-bond donors (Lipinski definition) is 2. The van der Waals surface area contributed by atoms with Gasteiger partial charge >= 0.3 is 6.03 Å². The number of rotatable bonds is 5. The molecule has 136 valence electrons.